The molecule has 0 bridgehead atoms. The maximum Gasteiger partial charge on any atom is 0.407 e. The molecule has 0 aromatic heterocycles. The maximum absolute atomic E-state index is 11.7. The number of carbonyl (C=O) groups is 3. The van der Waals surface area contributed by atoms with Crippen LogP contribution in [0.25, 0.3) is 0 Å². The molecule has 1 amide bonds. The molecule has 0 saturated carbocycles. The molecule has 0 unspecified atom stereocenters. The zero-order chi connectivity index (χ0) is 18.5. The number of esters is 2. The number of hydrogen-bond acceptors (Lipinski definition) is 6. The average molecular weight is 357 g/mol. The second-order valence-corrected chi connectivity index (χ2v) is 7.13. The van der Waals surface area contributed by atoms with Crippen LogP contribution in [0.1, 0.15) is 20.3 Å². The standard InChI is InChI=1S/C16H27NO6Si/c1-11(2)14(18)21-9-13(10-22-15(19)12(3)4)23-16(20)17-7-6-8-24-5/h13H,1,3,6-10,24H2,2,4-5H3,(H,17,20). The zero-order valence-corrected chi connectivity index (χ0v) is 16.1. The fraction of sp³-hybridized carbons (Fsp3) is 0.562. The quantitative estimate of drug-likeness (QED) is 0.197. The van der Waals surface area contributed by atoms with Crippen molar-refractivity contribution in [2.24, 2.45) is 0 Å². The summed E-state index contributed by atoms with van der Waals surface area (Å²) in [6.07, 6.45) is -0.648. The SMILES string of the molecule is C=C(C)C(=O)OCC(COC(=O)C(=C)C)OC(=O)NCCC[SiH2]C. The van der Waals surface area contributed by atoms with Crippen molar-refractivity contribution in [1.29, 1.82) is 0 Å². The molecule has 0 spiro atoms. The lowest BCUT2D eigenvalue weighted by Gasteiger charge is -2.18. The molecule has 0 atom stereocenters. The van der Waals surface area contributed by atoms with E-state index in [9.17, 15) is 14.4 Å². The van der Waals surface area contributed by atoms with E-state index in [4.69, 9.17) is 14.2 Å². The molecule has 8 heteroatoms. The Hall–Kier alpha value is -2.09. The topological polar surface area (TPSA) is 90.9 Å². The van der Waals surface area contributed by atoms with Crippen molar-refractivity contribution in [1.82, 2.24) is 5.32 Å². The number of rotatable bonds is 11. The van der Waals surface area contributed by atoms with Crippen molar-refractivity contribution in [2.45, 2.75) is 39.0 Å². The summed E-state index contributed by atoms with van der Waals surface area (Å²) in [7, 11) is -0.0266. The van der Waals surface area contributed by atoms with E-state index in [-0.39, 0.29) is 33.9 Å². The second-order valence-electron chi connectivity index (χ2n) is 5.42. The molecule has 0 heterocycles. The molecule has 0 saturated heterocycles. The molecule has 0 aromatic rings. The fourth-order valence-corrected chi connectivity index (χ4v) is 2.21. The minimum absolute atomic E-state index is 0.0266. The summed E-state index contributed by atoms with van der Waals surface area (Å²) in [4.78, 5) is 34.6. The smallest absolute Gasteiger partial charge is 0.407 e. The van der Waals surface area contributed by atoms with Crippen LogP contribution in [0.2, 0.25) is 12.6 Å². The van der Waals surface area contributed by atoms with Crippen molar-refractivity contribution in [2.75, 3.05) is 19.8 Å². The summed E-state index contributed by atoms with van der Waals surface area (Å²) >= 11 is 0. The fourth-order valence-electron chi connectivity index (χ4n) is 1.46. The molecule has 0 aromatic carbocycles. The van der Waals surface area contributed by atoms with Gasteiger partial charge in [-0.05, 0) is 20.3 Å². The Balaban J connectivity index is 4.46. The molecule has 1 N–H and O–H groups in total. The first-order chi connectivity index (χ1) is 11.3. The van der Waals surface area contributed by atoms with Gasteiger partial charge in [0, 0.05) is 27.2 Å². The Bertz CT molecular complexity index is 447. The minimum atomic E-state index is -0.905. The highest BCUT2D eigenvalue weighted by molar-refractivity contribution is 6.33. The third-order valence-electron chi connectivity index (χ3n) is 2.82. The predicted octanol–water partition coefficient (Wildman–Crippen LogP) is 1.35. The van der Waals surface area contributed by atoms with Gasteiger partial charge >= 0.3 is 18.0 Å². The lowest BCUT2D eigenvalue weighted by molar-refractivity contribution is -0.147. The normalized spacial score (nSPS) is 10.5. The third kappa shape index (κ3) is 10.6. The lowest BCUT2D eigenvalue weighted by Crippen LogP contribution is -2.35. The lowest BCUT2D eigenvalue weighted by atomic mass is 10.3. The van der Waals surface area contributed by atoms with E-state index >= 15 is 0 Å². The Kier molecular flexibility index (Phi) is 11.3. The molecule has 0 aliphatic heterocycles. The molecule has 0 aliphatic carbocycles. The van der Waals surface area contributed by atoms with E-state index in [1.54, 1.807) is 0 Å². The van der Waals surface area contributed by atoms with Crippen LogP contribution in [-0.4, -0.2) is 53.4 Å². The van der Waals surface area contributed by atoms with Gasteiger partial charge in [0.25, 0.3) is 0 Å². The first kappa shape index (κ1) is 21.9. The molecule has 24 heavy (non-hydrogen) atoms. The van der Waals surface area contributed by atoms with Crippen LogP contribution in [0, 0.1) is 0 Å². The number of nitrogens with one attached hydrogen (secondary N) is 1. The van der Waals surface area contributed by atoms with Crippen LogP contribution in [0.3, 0.4) is 0 Å². The summed E-state index contributed by atoms with van der Waals surface area (Å²) in [6.45, 7) is 12.2. The summed E-state index contributed by atoms with van der Waals surface area (Å²) in [5.74, 6) is -1.22. The van der Waals surface area contributed by atoms with Gasteiger partial charge in [-0.3, -0.25) is 0 Å². The predicted molar refractivity (Wildman–Crippen MR) is 93.6 cm³/mol. The molecular formula is C16H27NO6Si. The van der Waals surface area contributed by atoms with Gasteiger partial charge in [0.1, 0.15) is 13.2 Å². The molecule has 7 nitrogen and oxygen atoms in total. The highest BCUT2D eigenvalue weighted by atomic mass is 28.2. The van der Waals surface area contributed by atoms with E-state index in [1.807, 2.05) is 0 Å². The number of hydrogen-bond donors (Lipinski definition) is 1. The molecule has 0 aliphatic rings. The molecule has 0 radical (unpaired) electrons. The average Bonchev–Trinajstić information content (AvgIpc) is 2.53. The zero-order valence-electron chi connectivity index (χ0n) is 14.7. The Morgan fingerprint density at radius 2 is 1.54 bits per heavy atom. The number of amides is 1. The summed E-state index contributed by atoms with van der Waals surface area (Å²) in [5, 5.41) is 2.61. The maximum atomic E-state index is 11.7. The first-order valence-corrected chi connectivity index (χ1v) is 10.3. The van der Waals surface area contributed by atoms with E-state index in [0.29, 0.717) is 6.54 Å². The Morgan fingerprint density at radius 3 is 1.96 bits per heavy atom. The highest BCUT2D eigenvalue weighted by Gasteiger charge is 2.19. The van der Waals surface area contributed by atoms with Gasteiger partial charge in [-0.25, -0.2) is 14.4 Å². The third-order valence-corrected chi connectivity index (χ3v) is 4.03. The summed E-state index contributed by atoms with van der Waals surface area (Å²) in [5.41, 5.74) is 0.446. The Morgan fingerprint density at radius 1 is 1.04 bits per heavy atom. The van der Waals surface area contributed by atoms with Gasteiger partial charge in [-0.2, -0.15) is 0 Å². The van der Waals surface area contributed by atoms with Gasteiger partial charge in [-0.15, -0.1) is 0 Å². The molecule has 0 fully saturated rings. The molecule has 0 rings (SSSR count). The van der Waals surface area contributed by atoms with Gasteiger partial charge in [0.05, 0.1) is 0 Å². The second kappa shape index (κ2) is 12.3. The molecular weight excluding hydrogens is 330 g/mol. The summed E-state index contributed by atoms with van der Waals surface area (Å²) < 4.78 is 15.0. The monoisotopic (exact) mass is 357 g/mol. The Labute approximate surface area is 145 Å². The number of alkyl carbamates (subject to hydrolysis) is 1. The van der Waals surface area contributed by atoms with Gasteiger partial charge < -0.3 is 19.5 Å². The van der Waals surface area contributed by atoms with Crippen LogP contribution in [-0.2, 0) is 23.8 Å². The number of ether oxygens (including phenoxy) is 3. The highest BCUT2D eigenvalue weighted by Crippen LogP contribution is 2.02. The number of carbonyl (C=O) groups excluding carboxylic acids is 3. The van der Waals surface area contributed by atoms with Gasteiger partial charge in [0.2, 0.25) is 0 Å². The van der Waals surface area contributed by atoms with Gasteiger partial charge in [0.15, 0.2) is 6.10 Å². The van der Waals surface area contributed by atoms with Crippen LogP contribution in [0.4, 0.5) is 4.79 Å². The van der Waals surface area contributed by atoms with Crippen molar-refractivity contribution in [3.05, 3.63) is 24.3 Å². The minimum Gasteiger partial charge on any atom is -0.458 e. The van der Waals surface area contributed by atoms with E-state index in [2.05, 4.69) is 25.0 Å². The van der Waals surface area contributed by atoms with E-state index < -0.39 is 24.1 Å². The van der Waals surface area contributed by atoms with Crippen molar-refractivity contribution < 1.29 is 28.6 Å². The van der Waals surface area contributed by atoms with Crippen LogP contribution >= 0.6 is 0 Å². The molecule has 136 valence electrons. The van der Waals surface area contributed by atoms with Crippen LogP contribution in [0.15, 0.2) is 24.3 Å². The summed E-state index contributed by atoms with van der Waals surface area (Å²) in [6, 6.07) is 1.14. The van der Waals surface area contributed by atoms with Crippen molar-refractivity contribution in [3.8, 4) is 0 Å². The van der Waals surface area contributed by atoms with Crippen LogP contribution < -0.4 is 5.32 Å². The van der Waals surface area contributed by atoms with E-state index in [0.717, 1.165) is 12.5 Å². The van der Waals surface area contributed by atoms with Crippen molar-refractivity contribution >= 4 is 27.6 Å². The van der Waals surface area contributed by atoms with Gasteiger partial charge in [-0.1, -0.05) is 25.7 Å². The van der Waals surface area contributed by atoms with Crippen LogP contribution in [0.5, 0.6) is 0 Å². The van der Waals surface area contributed by atoms with E-state index in [1.165, 1.54) is 13.8 Å². The first-order valence-electron chi connectivity index (χ1n) is 7.87. The van der Waals surface area contributed by atoms with Crippen molar-refractivity contribution in [3.63, 3.8) is 0 Å². The largest absolute Gasteiger partial charge is 0.458 e.